The van der Waals surface area contributed by atoms with E-state index >= 15 is 0 Å². The molecule has 0 N–H and O–H groups in total. The highest BCUT2D eigenvalue weighted by molar-refractivity contribution is 4.83. The SMILES string of the molecule is CCC1CC(C2CCCC2)CCC1C. The summed E-state index contributed by atoms with van der Waals surface area (Å²) in [6, 6.07) is 0. The minimum absolute atomic E-state index is 1.01. The Morgan fingerprint density at radius 3 is 2.29 bits per heavy atom. The standard InChI is InChI=1S/C14H26/c1-3-12-10-14(9-8-11(12)2)13-6-4-5-7-13/h11-14H,3-10H2,1-2H3. The maximum Gasteiger partial charge on any atom is -0.0383 e. The minimum Gasteiger partial charge on any atom is -0.0651 e. The third kappa shape index (κ3) is 2.15. The molecule has 0 heteroatoms. The van der Waals surface area contributed by atoms with Crippen molar-refractivity contribution in [1.29, 1.82) is 0 Å². The maximum atomic E-state index is 2.47. The fourth-order valence-corrected chi connectivity index (χ4v) is 3.88. The van der Waals surface area contributed by atoms with E-state index in [1.54, 1.807) is 25.7 Å². The van der Waals surface area contributed by atoms with Gasteiger partial charge in [0.1, 0.15) is 0 Å². The smallest absolute Gasteiger partial charge is 0.0383 e. The molecule has 0 aromatic heterocycles. The molecule has 0 aromatic rings. The van der Waals surface area contributed by atoms with Gasteiger partial charge in [0.25, 0.3) is 0 Å². The first kappa shape index (κ1) is 10.5. The minimum atomic E-state index is 1.01. The average molecular weight is 194 g/mol. The summed E-state index contributed by atoms with van der Waals surface area (Å²) in [6.07, 6.45) is 12.2. The van der Waals surface area contributed by atoms with Crippen LogP contribution < -0.4 is 0 Å². The Morgan fingerprint density at radius 1 is 0.929 bits per heavy atom. The van der Waals surface area contributed by atoms with E-state index in [-0.39, 0.29) is 0 Å². The predicted octanol–water partition coefficient (Wildman–Crippen LogP) is 4.64. The molecule has 0 amide bonds. The van der Waals surface area contributed by atoms with E-state index < -0.39 is 0 Å². The van der Waals surface area contributed by atoms with Gasteiger partial charge < -0.3 is 0 Å². The summed E-state index contributed by atoms with van der Waals surface area (Å²) in [6.45, 7) is 4.86. The van der Waals surface area contributed by atoms with Crippen molar-refractivity contribution in [2.24, 2.45) is 23.7 Å². The van der Waals surface area contributed by atoms with Crippen molar-refractivity contribution in [3.8, 4) is 0 Å². The van der Waals surface area contributed by atoms with Gasteiger partial charge in [-0.3, -0.25) is 0 Å². The average Bonchev–Trinajstić information content (AvgIpc) is 2.71. The van der Waals surface area contributed by atoms with E-state index in [2.05, 4.69) is 13.8 Å². The van der Waals surface area contributed by atoms with Crippen LogP contribution in [-0.2, 0) is 0 Å². The highest BCUT2D eigenvalue weighted by Gasteiger charge is 2.32. The highest BCUT2D eigenvalue weighted by Crippen LogP contribution is 2.43. The van der Waals surface area contributed by atoms with Gasteiger partial charge in [-0.05, 0) is 36.5 Å². The molecular weight excluding hydrogens is 168 g/mol. The molecule has 0 saturated heterocycles. The molecule has 3 unspecified atom stereocenters. The van der Waals surface area contributed by atoms with Gasteiger partial charge >= 0.3 is 0 Å². The van der Waals surface area contributed by atoms with E-state index in [0.29, 0.717) is 0 Å². The van der Waals surface area contributed by atoms with Crippen LogP contribution in [0.3, 0.4) is 0 Å². The zero-order chi connectivity index (χ0) is 9.97. The molecule has 2 aliphatic carbocycles. The summed E-state index contributed by atoms with van der Waals surface area (Å²) in [5.74, 6) is 4.29. The van der Waals surface area contributed by atoms with Crippen LogP contribution in [0.2, 0.25) is 0 Å². The van der Waals surface area contributed by atoms with Crippen molar-refractivity contribution in [1.82, 2.24) is 0 Å². The molecule has 2 aliphatic rings. The monoisotopic (exact) mass is 194 g/mol. The third-order valence-electron chi connectivity index (χ3n) is 4.99. The van der Waals surface area contributed by atoms with Gasteiger partial charge in [-0.25, -0.2) is 0 Å². The van der Waals surface area contributed by atoms with Crippen molar-refractivity contribution in [3.63, 3.8) is 0 Å². The first-order valence-corrected chi connectivity index (χ1v) is 6.81. The van der Waals surface area contributed by atoms with Gasteiger partial charge in [-0.1, -0.05) is 52.4 Å². The van der Waals surface area contributed by atoms with Gasteiger partial charge in [0, 0.05) is 0 Å². The Labute approximate surface area is 89.5 Å². The quantitative estimate of drug-likeness (QED) is 0.601. The Bertz CT molecular complexity index is 167. The summed E-state index contributed by atoms with van der Waals surface area (Å²) in [7, 11) is 0. The number of hydrogen-bond donors (Lipinski definition) is 0. The molecule has 0 aliphatic heterocycles. The lowest BCUT2D eigenvalue weighted by molar-refractivity contribution is 0.143. The van der Waals surface area contributed by atoms with Crippen LogP contribution in [0.4, 0.5) is 0 Å². The molecule has 2 rings (SSSR count). The van der Waals surface area contributed by atoms with Crippen LogP contribution in [0.15, 0.2) is 0 Å². The van der Waals surface area contributed by atoms with Crippen LogP contribution in [0.5, 0.6) is 0 Å². The Hall–Kier alpha value is 0. The lowest BCUT2D eigenvalue weighted by Crippen LogP contribution is -2.26. The van der Waals surface area contributed by atoms with Crippen molar-refractivity contribution >= 4 is 0 Å². The zero-order valence-corrected chi connectivity index (χ0v) is 9.97. The molecular formula is C14H26. The molecule has 0 aromatic carbocycles. The lowest BCUT2D eigenvalue weighted by atomic mass is 9.69. The van der Waals surface area contributed by atoms with Gasteiger partial charge in [0.15, 0.2) is 0 Å². The second kappa shape index (κ2) is 4.68. The lowest BCUT2D eigenvalue weighted by Gasteiger charge is -2.36. The van der Waals surface area contributed by atoms with Crippen LogP contribution in [0, 0.1) is 23.7 Å². The van der Waals surface area contributed by atoms with Crippen LogP contribution >= 0.6 is 0 Å². The molecule has 0 heterocycles. The Morgan fingerprint density at radius 2 is 1.64 bits per heavy atom. The normalized spacial score (nSPS) is 40.3. The third-order valence-corrected chi connectivity index (χ3v) is 4.99. The predicted molar refractivity (Wildman–Crippen MR) is 62.2 cm³/mol. The Balaban J connectivity index is 1.88. The first-order valence-electron chi connectivity index (χ1n) is 6.81. The molecule has 14 heavy (non-hydrogen) atoms. The fourth-order valence-electron chi connectivity index (χ4n) is 3.88. The van der Waals surface area contributed by atoms with E-state index in [9.17, 15) is 0 Å². The number of hydrogen-bond acceptors (Lipinski definition) is 0. The maximum absolute atomic E-state index is 2.47. The fraction of sp³-hybridized carbons (Fsp3) is 1.00. The largest absolute Gasteiger partial charge is 0.0651 e. The van der Waals surface area contributed by atoms with Crippen LogP contribution in [0.1, 0.15) is 65.2 Å². The molecule has 82 valence electrons. The Kier molecular flexibility index (Phi) is 3.52. The van der Waals surface area contributed by atoms with E-state index in [1.807, 2.05) is 0 Å². The molecule has 0 radical (unpaired) electrons. The summed E-state index contributed by atoms with van der Waals surface area (Å²) in [5, 5.41) is 0. The van der Waals surface area contributed by atoms with Gasteiger partial charge in [0.05, 0.1) is 0 Å². The van der Waals surface area contributed by atoms with Crippen LogP contribution in [-0.4, -0.2) is 0 Å². The summed E-state index contributed by atoms with van der Waals surface area (Å²) >= 11 is 0. The molecule has 0 nitrogen and oxygen atoms in total. The molecule has 0 bridgehead atoms. The highest BCUT2D eigenvalue weighted by atomic mass is 14.4. The zero-order valence-electron chi connectivity index (χ0n) is 9.97. The molecule has 0 spiro atoms. The van der Waals surface area contributed by atoms with E-state index in [0.717, 1.165) is 23.7 Å². The van der Waals surface area contributed by atoms with Gasteiger partial charge in [-0.2, -0.15) is 0 Å². The molecule has 2 saturated carbocycles. The first-order chi connectivity index (χ1) is 6.81. The molecule has 3 atom stereocenters. The summed E-state index contributed by atoms with van der Waals surface area (Å²) in [4.78, 5) is 0. The summed E-state index contributed by atoms with van der Waals surface area (Å²) in [5.41, 5.74) is 0. The number of rotatable bonds is 2. The second-order valence-corrected chi connectivity index (χ2v) is 5.76. The topological polar surface area (TPSA) is 0 Å². The van der Waals surface area contributed by atoms with Crippen molar-refractivity contribution < 1.29 is 0 Å². The summed E-state index contributed by atoms with van der Waals surface area (Å²) < 4.78 is 0. The van der Waals surface area contributed by atoms with Crippen molar-refractivity contribution in [2.45, 2.75) is 65.2 Å². The van der Waals surface area contributed by atoms with Gasteiger partial charge in [0.2, 0.25) is 0 Å². The van der Waals surface area contributed by atoms with Gasteiger partial charge in [-0.15, -0.1) is 0 Å². The van der Waals surface area contributed by atoms with Crippen LogP contribution in [0.25, 0.3) is 0 Å². The van der Waals surface area contributed by atoms with E-state index in [1.165, 1.54) is 25.7 Å². The van der Waals surface area contributed by atoms with E-state index in [4.69, 9.17) is 0 Å². The molecule has 2 fully saturated rings. The van der Waals surface area contributed by atoms with Crippen molar-refractivity contribution in [3.05, 3.63) is 0 Å². The second-order valence-electron chi connectivity index (χ2n) is 5.76. The van der Waals surface area contributed by atoms with Crippen molar-refractivity contribution in [2.75, 3.05) is 0 Å².